The Bertz CT molecular complexity index is 1260. The Morgan fingerprint density at radius 1 is 1.17 bits per heavy atom. The lowest BCUT2D eigenvalue weighted by molar-refractivity contribution is -0.139. The zero-order valence-corrected chi connectivity index (χ0v) is 19.3. The molecule has 3 aliphatic rings. The highest BCUT2D eigenvalue weighted by molar-refractivity contribution is 5.94. The Balaban J connectivity index is 1.07. The van der Waals surface area contributed by atoms with Crippen LogP contribution in [-0.4, -0.2) is 85.7 Å². The second kappa shape index (κ2) is 8.82. The molecule has 3 aliphatic heterocycles. The largest absolute Gasteiger partial charge is 0.457 e. The number of tetrazole rings is 1. The molecule has 2 saturated heterocycles. The van der Waals surface area contributed by atoms with Crippen molar-refractivity contribution in [2.75, 3.05) is 32.8 Å². The van der Waals surface area contributed by atoms with Crippen molar-refractivity contribution in [1.82, 2.24) is 35.0 Å². The third-order valence-electron chi connectivity index (χ3n) is 7.15. The Hall–Kier alpha value is -3.70. The molecular formula is C24H25N7O4. The second-order valence-corrected chi connectivity index (χ2v) is 9.15. The van der Waals surface area contributed by atoms with Crippen molar-refractivity contribution < 1.29 is 19.1 Å². The Kier molecular flexibility index (Phi) is 5.50. The molecule has 11 nitrogen and oxygen atoms in total. The van der Waals surface area contributed by atoms with E-state index in [0.29, 0.717) is 44.1 Å². The van der Waals surface area contributed by atoms with Crippen molar-refractivity contribution >= 4 is 11.9 Å². The molecule has 0 radical (unpaired) electrons. The first-order valence-corrected chi connectivity index (χ1v) is 11.7. The summed E-state index contributed by atoms with van der Waals surface area (Å²) in [4.78, 5) is 33.5. The van der Waals surface area contributed by atoms with Gasteiger partial charge in [0.1, 0.15) is 12.9 Å². The predicted octanol–water partition coefficient (Wildman–Crippen LogP) is 0.863. The van der Waals surface area contributed by atoms with Gasteiger partial charge < -0.3 is 14.4 Å². The summed E-state index contributed by atoms with van der Waals surface area (Å²) in [6, 6.07) is 7.69. The molecule has 2 aromatic heterocycles. The molecule has 0 aliphatic carbocycles. The fourth-order valence-corrected chi connectivity index (χ4v) is 5.12. The molecule has 0 bridgehead atoms. The summed E-state index contributed by atoms with van der Waals surface area (Å²) in [7, 11) is 0. The van der Waals surface area contributed by atoms with E-state index in [1.165, 1.54) is 11.0 Å². The number of benzene rings is 1. The van der Waals surface area contributed by atoms with Crippen molar-refractivity contribution in [3.05, 3.63) is 64.6 Å². The lowest BCUT2D eigenvalue weighted by atomic mass is 9.94. The summed E-state index contributed by atoms with van der Waals surface area (Å²) in [5.74, 6) is 0.439. The van der Waals surface area contributed by atoms with Crippen LogP contribution in [0, 0.1) is 6.92 Å². The number of piperazine rings is 1. The van der Waals surface area contributed by atoms with E-state index < -0.39 is 0 Å². The topological polar surface area (TPSA) is 116 Å². The van der Waals surface area contributed by atoms with Crippen LogP contribution in [0.15, 0.2) is 36.8 Å². The summed E-state index contributed by atoms with van der Waals surface area (Å²) in [6.45, 7) is 5.83. The van der Waals surface area contributed by atoms with E-state index in [2.05, 4.69) is 25.4 Å². The maximum atomic E-state index is 13.0. The molecule has 11 heteroatoms. The number of cyclic esters (lactones) is 1. The molecular weight excluding hydrogens is 450 g/mol. The van der Waals surface area contributed by atoms with E-state index in [-0.39, 0.29) is 24.0 Å². The van der Waals surface area contributed by atoms with E-state index >= 15 is 0 Å². The lowest BCUT2D eigenvalue weighted by Crippen LogP contribution is -2.59. The first kappa shape index (κ1) is 21.8. The number of pyridine rings is 1. The summed E-state index contributed by atoms with van der Waals surface area (Å²) in [5.41, 5.74) is 4.66. The van der Waals surface area contributed by atoms with Gasteiger partial charge in [-0.3, -0.25) is 9.69 Å². The average molecular weight is 476 g/mol. The SMILES string of the molecule is Cc1c(C2CN3CCN(C(=O)Cc4ccc(-n5cnnn5)nc4)CC3CO2)ccc2c1COC2=O. The van der Waals surface area contributed by atoms with Gasteiger partial charge in [-0.25, -0.2) is 9.78 Å². The number of esters is 1. The maximum absolute atomic E-state index is 13.0. The number of fused-ring (bicyclic) bond motifs is 2. The molecule has 0 saturated carbocycles. The molecule has 6 rings (SSSR count). The predicted molar refractivity (Wildman–Crippen MR) is 122 cm³/mol. The number of carbonyl (C=O) groups excluding carboxylic acids is 2. The van der Waals surface area contributed by atoms with Crippen molar-refractivity contribution in [3.63, 3.8) is 0 Å². The summed E-state index contributed by atoms with van der Waals surface area (Å²) < 4.78 is 12.9. The number of hydrogen-bond acceptors (Lipinski definition) is 9. The fraction of sp³-hybridized carbons (Fsp3) is 0.417. The first-order chi connectivity index (χ1) is 17.1. The quantitative estimate of drug-likeness (QED) is 0.507. The van der Waals surface area contributed by atoms with E-state index in [4.69, 9.17) is 9.47 Å². The molecule has 1 aromatic carbocycles. The fourth-order valence-electron chi connectivity index (χ4n) is 5.12. The van der Waals surface area contributed by atoms with Gasteiger partial charge in [-0.2, -0.15) is 4.68 Å². The number of nitrogens with zero attached hydrogens (tertiary/aromatic N) is 7. The molecule has 5 heterocycles. The van der Waals surface area contributed by atoms with Crippen LogP contribution in [0.3, 0.4) is 0 Å². The molecule has 1 amide bonds. The highest BCUT2D eigenvalue weighted by atomic mass is 16.5. The standard InChI is InChI=1S/C24H25N7O4/c1-15-18(3-4-19-20(15)13-35-24(19)33)21-11-29-6-7-30(10-17(29)12-34-21)23(32)8-16-2-5-22(25-9-16)31-14-26-27-28-31/h2-5,9,14,17,21H,6-8,10-13H2,1H3. The van der Waals surface area contributed by atoms with E-state index in [0.717, 1.165) is 35.3 Å². The third kappa shape index (κ3) is 4.06. The Morgan fingerprint density at radius 3 is 2.89 bits per heavy atom. The zero-order valence-electron chi connectivity index (χ0n) is 19.3. The van der Waals surface area contributed by atoms with E-state index in [1.807, 2.05) is 30.0 Å². The molecule has 2 unspecified atom stereocenters. The van der Waals surface area contributed by atoms with Gasteiger partial charge in [0.05, 0.1) is 30.7 Å². The van der Waals surface area contributed by atoms with Crippen molar-refractivity contribution in [2.24, 2.45) is 0 Å². The Morgan fingerprint density at radius 2 is 2.09 bits per heavy atom. The highest BCUT2D eigenvalue weighted by Gasteiger charge is 2.36. The summed E-state index contributed by atoms with van der Waals surface area (Å²) in [5, 5.41) is 11.0. The monoisotopic (exact) mass is 475 g/mol. The van der Waals surface area contributed by atoms with Crippen LogP contribution in [0.25, 0.3) is 5.82 Å². The van der Waals surface area contributed by atoms with Crippen LogP contribution >= 0.6 is 0 Å². The van der Waals surface area contributed by atoms with Crippen LogP contribution in [0.5, 0.6) is 0 Å². The summed E-state index contributed by atoms with van der Waals surface area (Å²) >= 11 is 0. The highest BCUT2D eigenvalue weighted by Crippen LogP contribution is 2.33. The van der Waals surface area contributed by atoms with Gasteiger partial charge in [-0.15, -0.1) is 5.10 Å². The van der Waals surface area contributed by atoms with Crippen molar-refractivity contribution in [1.29, 1.82) is 0 Å². The minimum atomic E-state index is -0.251. The molecule has 2 fully saturated rings. The van der Waals surface area contributed by atoms with Crippen molar-refractivity contribution in [2.45, 2.75) is 32.1 Å². The van der Waals surface area contributed by atoms with Crippen LogP contribution in [0.2, 0.25) is 0 Å². The van der Waals surface area contributed by atoms with Crippen LogP contribution in [0.1, 0.15) is 38.7 Å². The van der Waals surface area contributed by atoms with Crippen LogP contribution in [-0.2, 0) is 27.3 Å². The Labute approximate surface area is 201 Å². The lowest BCUT2D eigenvalue weighted by Gasteiger charge is -2.46. The molecule has 35 heavy (non-hydrogen) atoms. The molecule has 3 aromatic rings. The van der Waals surface area contributed by atoms with Gasteiger partial charge in [0.2, 0.25) is 5.91 Å². The van der Waals surface area contributed by atoms with Crippen LogP contribution in [0.4, 0.5) is 0 Å². The van der Waals surface area contributed by atoms with E-state index in [1.54, 1.807) is 12.3 Å². The number of amides is 1. The number of ether oxygens (including phenoxy) is 2. The number of rotatable bonds is 4. The van der Waals surface area contributed by atoms with Crippen LogP contribution < -0.4 is 0 Å². The first-order valence-electron chi connectivity index (χ1n) is 11.7. The van der Waals surface area contributed by atoms with Gasteiger partial charge in [0, 0.05) is 37.9 Å². The molecule has 2 atom stereocenters. The van der Waals surface area contributed by atoms with Gasteiger partial charge in [0.15, 0.2) is 5.82 Å². The average Bonchev–Trinajstić information content (AvgIpc) is 3.55. The maximum Gasteiger partial charge on any atom is 0.338 e. The molecule has 0 spiro atoms. The smallest absolute Gasteiger partial charge is 0.338 e. The zero-order chi connectivity index (χ0) is 23.9. The second-order valence-electron chi connectivity index (χ2n) is 9.15. The number of carbonyl (C=O) groups is 2. The van der Waals surface area contributed by atoms with Gasteiger partial charge in [-0.05, 0) is 46.2 Å². The third-order valence-corrected chi connectivity index (χ3v) is 7.15. The van der Waals surface area contributed by atoms with Gasteiger partial charge in [-0.1, -0.05) is 12.1 Å². The molecule has 0 N–H and O–H groups in total. The number of hydrogen-bond donors (Lipinski definition) is 0. The van der Waals surface area contributed by atoms with Gasteiger partial charge in [0.25, 0.3) is 0 Å². The minimum absolute atomic E-state index is 0.0562. The van der Waals surface area contributed by atoms with E-state index in [9.17, 15) is 9.59 Å². The number of aromatic nitrogens is 5. The van der Waals surface area contributed by atoms with Crippen molar-refractivity contribution in [3.8, 4) is 5.82 Å². The minimum Gasteiger partial charge on any atom is -0.457 e. The van der Waals surface area contributed by atoms with Gasteiger partial charge >= 0.3 is 5.97 Å². The number of morpholine rings is 1. The summed E-state index contributed by atoms with van der Waals surface area (Å²) in [6.07, 6.45) is 3.41. The molecule has 180 valence electrons. The normalized spacial score (nSPS) is 22.0.